The van der Waals surface area contributed by atoms with Crippen molar-refractivity contribution in [1.29, 1.82) is 0 Å². The van der Waals surface area contributed by atoms with Crippen LogP contribution >= 0.6 is 11.6 Å². The van der Waals surface area contributed by atoms with Gasteiger partial charge >= 0.3 is 0 Å². The fourth-order valence-electron chi connectivity index (χ4n) is 2.98. The van der Waals surface area contributed by atoms with Crippen molar-refractivity contribution in [2.45, 2.75) is 31.2 Å². The lowest BCUT2D eigenvalue weighted by molar-refractivity contribution is 0.466. The summed E-state index contributed by atoms with van der Waals surface area (Å²) < 4.78 is 0. The lowest BCUT2D eigenvalue weighted by Crippen LogP contribution is -2.33. The lowest BCUT2D eigenvalue weighted by atomic mass is 9.86. The molecule has 0 saturated heterocycles. The molecule has 1 aliphatic carbocycles. The van der Waals surface area contributed by atoms with Crippen molar-refractivity contribution in [3.63, 3.8) is 0 Å². The van der Waals surface area contributed by atoms with Crippen LogP contribution in [0.4, 0.5) is 0 Å². The lowest BCUT2D eigenvalue weighted by Gasteiger charge is -2.26. The average Bonchev–Trinajstić information content (AvgIpc) is 2.77. The zero-order valence-corrected chi connectivity index (χ0v) is 10.5. The number of rotatable bonds is 1. The first-order valence-electron chi connectivity index (χ1n) is 6.17. The van der Waals surface area contributed by atoms with Gasteiger partial charge in [-0.05, 0) is 29.9 Å². The first-order valence-corrected chi connectivity index (χ1v) is 6.55. The summed E-state index contributed by atoms with van der Waals surface area (Å²) in [6.07, 6.45) is 4.62. The Balaban J connectivity index is 2.26. The molecule has 0 amide bonds. The third kappa shape index (κ3) is 1.74. The second-order valence-corrected chi connectivity index (χ2v) is 5.41. The highest BCUT2D eigenvalue weighted by atomic mass is 35.5. The molecule has 0 spiro atoms. The number of hydrogen-bond donors (Lipinski definition) is 1. The van der Waals surface area contributed by atoms with Crippen molar-refractivity contribution in [3.05, 3.63) is 47.0 Å². The molecule has 0 heterocycles. The van der Waals surface area contributed by atoms with Crippen LogP contribution < -0.4 is 5.73 Å². The zero-order chi connectivity index (χ0) is 11.9. The molecule has 0 bridgehead atoms. The highest BCUT2D eigenvalue weighted by Gasteiger charge is 2.32. The summed E-state index contributed by atoms with van der Waals surface area (Å²) in [5, 5.41) is 3.14. The van der Waals surface area contributed by atoms with Gasteiger partial charge in [-0.15, -0.1) is 0 Å². The minimum absolute atomic E-state index is 0.149. The van der Waals surface area contributed by atoms with Gasteiger partial charge in [0.1, 0.15) is 0 Å². The van der Waals surface area contributed by atoms with Gasteiger partial charge in [-0.3, -0.25) is 0 Å². The normalized spacial score (nSPS) is 18.7. The SMILES string of the molecule is NC1(c2cccc3c(Cl)cccc23)CCCC1. The zero-order valence-electron chi connectivity index (χ0n) is 9.75. The Kier molecular flexibility index (Phi) is 2.61. The van der Waals surface area contributed by atoms with Crippen molar-refractivity contribution in [3.8, 4) is 0 Å². The summed E-state index contributed by atoms with van der Waals surface area (Å²) in [5.41, 5.74) is 7.66. The van der Waals surface area contributed by atoms with Crippen molar-refractivity contribution >= 4 is 22.4 Å². The Labute approximate surface area is 107 Å². The van der Waals surface area contributed by atoms with Crippen LogP contribution in [-0.2, 0) is 5.54 Å². The first kappa shape index (κ1) is 11.1. The van der Waals surface area contributed by atoms with E-state index >= 15 is 0 Å². The van der Waals surface area contributed by atoms with Crippen LogP contribution in [0.1, 0.15) is 31.2 Å². The molecule has 1 nitrogen and oxygen atoms in total. The molecule has 0 unspecified atom stereocenters. The van der Waals surface area contributed by atoms with Gasteiger partial charge in [-0.1, -0.05) is 54.8 Å². The Morgan fingerprint density at radius 3 is 2.35 bits per heavy atom. The smallest absolute Gasteiger partial charge is 0.0484 e. The van der Waals surface area contributed by atoms with E-state index < -0.39 is 0 Å². The second-order valence-electron chi connectivity index (χ2n) is 5.00. The van der Waals surface area contributed by atoms with Gasteiger partial charge in [0.05, 0.1) is 0 Å². The molecule has 0 radical (unpaired) electrons. The molecule has 2 aromatic rings. The highest BCUT2D eigenvalue weighted by molar-refractivity contribution is 6.35. The topological polar surface area (TPSA) is 26.0 Å². The molecular formula is C15H16ClN. The summed E-state index contributed by atoms with van der Waals surface area (Å²) in [7, 11) is 0. The van der Waals surface area contributed by atoms with Crippen molar-refractivity contribution in [1.82, 2.24) is 0 Å². The Morgan fingerprint density at radius 2 is 1.59 bits per heavy atom. The predicted octanol–water partition coefficient (Wildman–Crippen LogP) is 4.22. The molecule has 1 saturated carbocycles. The molecule has 3 rings (SSSR count). The van der Waals surface area contributed by atoms with Gasteiger partial charge in [0.15, 0.2) is 0 Å². The quantitative estimate of drug-likeness (QED) is 0.800. The third-order valence-electron chi connectivity index (χ3n) is 3.90. The van der Waals surface area contributed by atoms with Gasteiger partial charge in [-0.2, -0.15) is 0 Å². The van der Waals surface area contributed by atoms with Crippen LogP contribution in [0.3, 0.4) is 0 Å². The van der Waals surface area contributed by atoms with E-state index in [0.717, 1.165) is 23.3 Å². The number of fused-ring (bicyclic) bond motifs is 1. The fourth-order valence-corrected chi connectivity index (χ4v) is 3.22. The molecule has 88 valence electrons. The molecule has 1 fully saturated rings. The van der Waals surface area contributed by atoms with Gasteiger partial charge in [0.25, 0.3) is 0 Å². The van der Waals surface area contributed by atoms with E-state index in [1.54, 1.807) is 0 Å². The Hall–Kier alpha value is -1.05. The Bertz CT molecular complexity index is 556. The maximum absolute atomic E-state index is 6.55. The van der Waals surface area contributed by atoms with Crippen molar-refractivity contribution in [2.75, 3.05) is 0 Å². The number of halogens is 1. The minimum atomic E-state index is -0.149. The van der Waals surface area contributed by atoms with Crippen LogP contribution in [0, 0.1) is 0 Å². The molecule has 0 atom stereocenters. The average molecular weight is 246 g/mol. The van der Waals surface area contributed by atoms with Crippen LogP contribution in [0.5, 0.6) is 0 Å². The van der Waals surface area contributed by atoms with Crippen molar-refractivity contribution in [2.24, 2.45) is 5.73 Å². The second kappa shape index (κ2) is 4.01. The minimum Gasteiger partial charge on any atom is -0.321 e. The maximum atomic E-state index is 6.55. The van der Waals surface area contributed by atoms with E-state index in [-0.39, 0.29) is 5.54 Å². The standard InChI is InChI=1S/C15H16ClN/c16-14-8-4-5-11-12(14)6-3-7-13(11)15(17)9-1-2-10-15/h3-8H,1-2,9-10,17H2. The largest absolute Gasteiger partial charge is 0.321 e. The number of nitrogens with two attached hydrogens (primary N) is 1. The molecule has 17 heavy (non-hydrogen) atoms. The summed E-state index contributed by atoms with van der Waals surface area (Å²) >= 11 is 6.24. The fraction of sp³-hybridized carbons (Fsp3) is 0.333. The van der Waals surface area contributed by atoms with Gasteiger partial charge in [0, 0.05) is 15.9 Å². The summed E-state index contributed by atoms with van der Waals surface area (Å²) in [6.45, 7) is 0. The van der Waals surface area contributed by atoms with E-state index in [1.165, 1.54) is 23.8 Å². The molecule has 2 N–H and O–H groups in total. The third-order valence-corrected chi connectivity index (χ3v) is 4.23. The number of hydrogen-bond acceptors (Lipinski definition) is 1. The van der Waals surface area contributed by atoms with Gasteiger partial charge in [0.2, 0.25) is 0 Å². The summed E-state index contributed by atoms with van der Waals surface area (Å²) in [5.74, 6) is 0. The van der Waals surface area contributed by atoms with Crippen molar-refractivity contribution < 1.29 is 0 Å². The molecule has 1 aliphatic rings. The van der Waals surface area contributed by atoms with E-state index in [9.17, 15) is 0 Å². The summed E-state index contributed by atoms with van der Waals surface area (Å²) in [4.78, 5) is 0. The van der Waals surface area contributed by atoms with E-state index in [0.29, 0.717) is 0 Å². The molecule has 0 aromatic heterocycles. The van der Waals surface area contributed by atoms with E-state index in [2.05, 4.69) is 24.3 Å². The van der Waals surface area contributed by atoms with Crippen LogP contribution in [-0.4, -0.2) is 0 Å². The first-order chi connectivity index (χ1) is 8.21. The predicted molar refractivity (Wildman–Crippen MR) is 73.3 cm³/mol. The van der Waals surface area contributed by atoms with Gasteiger partial charge in [-0.25, -0.2) is 0 Å². The summed E-state index contributed by atoms with van der Waals surface area (Å²) in [6, 6.07) is 12.4. The maximum Gasteiger partial charge on any atom is 0.0484 e. The van der Waals surface area contributed by atoms with Crippen LogP contribution in [0.15, 0.2) is 36.4 Å². The van der Waals surface area contributed by atoms with Crippen LogP contribution in [0.2, 0.25) is 5.02 Å². The highest BCUT2D eigenvalue weighted by Crippen LogP contribution is 2.40. The van der Waals surface area contributed by atoms with Crippen LogP contribution in [0.25, 0.3) is 10.8 Å². The molecule has 0 aliphatic heterocycles. The molecule has 2 aromatic carbocycles. The molecular weight excluding hydrogens is 230 g/mol. The van der Waals surface area contributed by atoms with Gasteiger partial charge < -0.3 is 5.73 Å². The van der Waals surface area contributed by atoms with E-state index in [4.69, 9.17) is 17.3 Å². The Morgan fingerprint density at radius 1 is 0.941 bits per heavy atom. The number of benzene rings is 2. The molecule has 2 heteroatoms. The van der Waals surface area contributed by atoms with E-state index in [1.807, 2.05) is 12.1 Å². The monoisotopic (exact) mass is 245 g/mol.